The molecule has 116 valence electrons. The lowest BCUT2D eigenvalue weighted by Crippen LogP contribution is -2.43. The normalized spacial score (nSPS) is 12.5. The SMILES string of the molecule is C[C@@H](NC(=O)OC(C)(C)C)C(=O)Nc1ccc(F)c(F)c1. The molecule has 1 rings (SSSR count). The second-order valence-electron chi connectivity index (χ2n) is 5.49. The van der Waals surface area contributed by atoms with Crippen molar-refractivity contribution in [2.75, 3.05) is 5.32 Å². The van der Waals surface area contributed by atoms with Crippen LogP contribution in [-0.4, -0.2) is 23.6 Å². The molecule has 1 aromatic rings. The van der Waals surface area contributed by atoms with Crippen molar-refractivity contribution in [2.45, 2.75) is 39.3 Å². The third-order valence-electron chi connectivity index (χ3n) is 2.31. The summed E-state index contributed by atoms with van der Waals surface area (Å²) in [7, 11) is 0. The Hall–Kier alpha value is -2.18. The van der Waals surface area contributed by atoms with Crippen LogP contribution in [0.3, 0.4) is 0 Å². The van der Waals surface area contributed by atoms with E-state index in [1.54, 1.807) is 20.8 Å². The Balaban J connectivity index is 2.58. The zero-order chi connectivity index (χ0) is 16.2. The van der Waals surface area contributed by atoms with Crippen molar-refractivity contribution in [2.24, 2.45) is 0 Å². The molecule has 0 spiro atoms. The quantitative estimate of drug-likeness (QED) is 0.902. The lowest BCUT2D eigenvalue weighted by Gasteiger charge is -2.21. The summed E-state index contributed by atoms with van der Waals surface area (Å²) in [6.07, 6.45) is -0.740. The Kier molecular flexibility index (Phi) is 5.23. The van der Waals surface area contributed by atoms with Crippen LogP contribution in [0.25, 0.3) is 0 Å². The van der Waals surface area contributed by atoms with Crippen molar-refractivity contribution in [3.63, 3.8) is 0 Å². The van der Waals surface area contributed by atoms with E-state index in [2.05, 4.69) is 10.6 Å². The summed E-state index contributed by atoms with van der Waals surface area (Å²) < 4.78 is 30.8. The first-order chi connectivity index (χ1) is 9.58. The summed E-state index contributed by atoms with van der Waals surface area (Å²) in [6, 6.07) is 2.08. The van der Waals surface area contributed by atoms with Gasteiger partial charge in [-0.1, -0.05) is 0 Å². The molecule has 0 aliphatic carbocycles. The smallest absolute Gasteiger partial charge is 0.408 e. The molecule has 0 radical (unpaired) electrons. The van der Waals surface area contributed by atoms with Crippen LogP contribution in [0.2, 0.25) is 0 Å². The maximum atomic E-state index is 13.0. The number of anilines is 1. The standard InChI is InChI=1S/C14H18F2N2O3/c1-8(17-13(20)21-14(2,3)4)12(19)18-9-5-6-10(15)11(16)7-9/h5-8H,1-4H3,(H,17,20)(H,18,19)/t8-/m1/s1. The van der Waals surface area contributed by atoms with Gasteiger partial charge in [-0.25, -0.2) is 13.6 Å². The summed E-state index contributed by atoms with van der Waals surface area (Å²) in [5, 5.41) is 4.70. The lowest BCUT2D eigenvalue weighted by molar-refractivity contribution is -0.117. The van der Waals surface area contributed by atoms with Crippen LogP contribution in [0.5, 0.6) is 0 Å². The lowest BCUT2D eigenvalue weighted by atomic mass is 10.2. The van der Waals surface area contributed by atoms with Gasteiger partial charge in [0.2, 0.25) is 5.91 Å². The van der Waals surface area contributed by atoms with Gasteiger partial charge in [-0.2, -0.15) is 0 Å². The number of rotatable bonds is 3. The highest BCUT2D eigenvalue weighted by molar-refractivity contribution is 5.96. The molecule has 0 bridgehead atoms. The number of hydrogen-bond donors (Lipinski definition) is 2. The van der Waals surface area contributed by atoms with E-state index in [1.807, 2.05) is 0 Å². The molecule has 0 heterocycles. The van der Waals surface area contributed by atoms with Gasteiger partial charge in [0.25, 0.3) is 0 Å². The molecule has 1 aromatic carbocycles. The summed E-state index contributed by atoms with van der Waals surface area (Å²) >= 11 is 0. The number of amides is 2. The fourth-order valence-electron chi connectivity index (χ4n) is 1.37. The maximum Gasteiger partial charge on any atom is 0.408 e. The molecule has 2 N–H and O–H groups in total. The largest absolute Gasteiger partial charge is 0.444 e. The van der Waals surface area contributed by atoms with Crippen LogP contribution in [0.4, 0.5) is 19.3 Å². The van der Waals surface area contributed by atoms with E-state index < -0.39 is 35.3 Å². The van der Waals surface area contributed by atoms with Crippen molar-refractivity contribution < 1.29 is 23.1 Å². The Bertz CT molecular complexity index is 542. The predicted molar refractivity (Wildman–Crippen MR) is 73.8 cm³/mol. The third-order valence-corrected chi connectivity index (χ3v) is 2.31. The second kappa shape index (κ2) is 6.51. The highest BCUT2D eigenvalue weighted by Gasteiger charge is 2.21. The number of benzene rings is 1. The Labute approximate surface area is 121 Å². The zero-order valence-corrected chi connectivity index (χ0v) is 12.3. The number of halogens is 2. The first kappa shape index (κ1) is 16.9. The molecule has 2 amide bonds. The number of hydrogen-bond acceptors (Lipinski definition) is 3. The summed E-state index contributed by atoms with van der Waals surface area (Å²) in [6.45, 7) is 6.52. The minimum atomic E-state index is -1.07. The molecule has 0 fully saturated rings. The topological polar surface area (TPSA) is 67.4 Å². The van der Waals surface area contributed by atoms with Crippen molar-refractivity contribution in [3.05, 3.63) is 29.8 Å². The van der Waals surface area contributed by atoms with Crippen LogP contribution in [0.1, 0.15) is 27.7 Å². The van der Waals surface area contributed by atoms with Gasteiger partial charge in [0.15, 0.2) is 11.6 Å². The van der Waals surface area contributed by atoms with Gasteiger partial charge < -0.3 is 15.4 Å². The molecule has 0 aliphatic rings. The molecule has 0 aromatic heterocycles. The van der Waals surface area contributed by atoms with Crippen molar-refractivity contribution in [1.29, 1.82) is 0 Å². The van der Waals surface area contributed by atoms with Crippen molar-refractivity contribution in [1.82, 2.24) is 5.32 Å². The number of carbonyl (C=O) groups is 2. The number of ether oxygens (including phenoxy) is 1. The minimum Gasteiger partial charge on any atom is -0.444 e. The van der Waals surface area contributed by atoms with Gasteiger partial charge in [0.05, 0.1) is 0 Å². The van der Waals surface area contributed by atoms with E-state index in [1.165, 1.54) is 13.0 Å². The molecule has 5 nitrogen and oxygen atoms in total. The molecule has 0 aliphatic heterocycles. The van der Waals surface area contributed by atoms with Gasteiger partial charge >= 0.3 is 6.09 Å². The minimum absolute atomic E-state index is 0.0942. The second-order valence-corrected chi connectivity index (χ2v) is 5.49. The van der Waals surface area contributed by atoms with Crippen LogP contribution < -0.4 is 10.6 Å². The maximum absolute atomic E-state index is 13.0. The van der Waals surface area contributed by atoms with E-state index in [-0.39, 0.29) is 5.69 Å². The van der Waals surface area contributed by atoms with Gasteiger partial charge in [0, 0.05) is 11.8 Å². The predicted octanol–water partition coefficient (Wildman–Crippen LogP) is 2.82. The van der Waals surface area contributed by atoms with Crippen molar-refractivity contribution >= 4 is 17.7 Å². The molecular weight excluding hydrogens is 282 g/mol. The molecule has 1 atom stereocenters. The van der Waals surface area contributed by atoms with E-state index in [9.17, 15) is 18.4 Å². The molecule has 21 heavy (non-hydrogen) atoms. The highest BCUT2D eigenvalue weighted by atomic mass is 19.2. The van der Waals surface area contributed by atoms with E-state index in [0.29, 0.717) is 0 Å². The van der Waals surface area contributed by atoms with Gasteiger partial charge in [0.1, 0.15) is 11.6 Å². The number of carbonyl (C=O) groups excluding carboxylic acids is 2. The third kappa shape index (κ3) is 5.76. The van der Waals surface area contributed by atoms with Crippen LogP contribution in [0, 0.1) is 11.6 Å². The van der Waals surface area contributed by atoms with Crippen LogP contribution >= 0.6 is 0 Å². The molecule has 7 heteroatoms. The Morgan fingerprint density at radius 2 is 1.81 bits per heavy atom. The fraction of sp³-hybridized carbons (Fsp3) is 0.429. The Morgan fingerprint density at radius 3 is 2.33 bits per heavy atom. The molecular formula is C14H18F2N2O3. The first-order valence-corrected chi connectivity index (χ1v) is 6.34. The first-order valence-electron chi connectivity index (χ1n) is 6.34. The van der Waals surface area contributed by atoms with Crippen LogP contribution in [-0.2, 0) is 9.53 Å². The van der Waals surface area contributed by atoms with Gasteiger partial charge in [-0.15, -0.1) is 0 Å². The molecule has 0 saturated heterocycles. The fourth-order valence-corrected chi connectivity index (χ4v) is 1.37. The zero-order valence-electron chi connectivity index (χ0n) is 12.3. The van der Waals surface area contributed by atoms with Crippen LogP contribution in [0.15, 0.2) is 18.2 Å². The monoisotopic (exact) mass is 300 g/mol. The summed E-state index contributed by atoms with van der Waals surface area (Å²) in [4.78, 5) is 23.3. The summed E-state index contributed by atoms with van der Waals surface area (Å²) in [5.41, 5.74) is -0.586. The average molecular weight is 300 g/mol. The number of nitrogens with one attached hydrogen (secondary N) is 2. The molecule has 0 saturated carbocycles. The van der Waals surface area contributed by atoms with Gasteiger partial charge in [-0.3, -0.25) is 4.79 Å². The highest BCUT2D eigenvalue weighted by Crippen LogP contribution is 2.13. The number of alkyl carbamates (subject to hydrolysis) is 1. The van der Waals surface area contributed by atoms with E-state index in [0.717, 1.165) is 12.1 Å². The van der Waals surface area contributed by atoms with Crippen molar-refractivity contribution in [3.8, 4) is 0 Å². The molecule has 0 unspecified atom stereocenters. The van der Waals surface area contributed by atoms with Gasteiger partial charge in [-0.05, 0) is 39.8 Å². The van der Waals surface area contributed by atoms with E-state index >= 15 is 0 Å². The average Bonchev–Trinajstić information content (AvgIpc) is 2.31. The summed E-state index contributed by atoms with van der Waals surface area (Å²) in [5.74, 6) is -2.65. The Morgan fingerprint density at radius 1 is 1.19 bits per heavy atom. The van der Waals surface area contributed by atoms with E-state index in [4.69, 9.17) is 4.74 Å².